The van der Waals surface area contributed by atoms with E-state index < -0.39 is 0 Å². The van der Waals surface area contributed by atoms with Gasteiger partial charge in [0.05, 0.1) is 13.2 Å². The molecule has 0 spiro atoms. The van der Waals surface area contributed by atoms with Crippen molar-refractivity contribution < 1.29 is 9.47 Å². The van der Waals surface area contributed by atoms with E-state index in [0.29, 0.717) is 6.04 Å². The van der Waals surface area contributed by atoms with Crippen LogP contribution in [0.5, 0.6) is 11.5 Å². The Morgan fingerprint density at radius 3 is 2.89 bits per heavy atom. The number of rotatable bonds is 4. The minimum Gasteiger partial charge on any atom is -0.490 e. The molecule has 2 aliphatic heterocycles. The van der Waals surface area contributed by atoms with Crippen molar-refractivity contribution in [1.82, 2.24) is 10.6 Å². The average molecular weight is 262 g/mol. The second-order valence-electron chi connectivity index (χ2n) is 5.26. The number of hydrogen-bond acceptors (Lipinski definition) is 4. The molecule has 0 bridgehead atoms. The molecule has 19 heavy (non-hydrogen) atoms. The largest absolute Gasteiger partial charge is 0.490 e. The van der Waals surface area contributed by atoms with Gasteiger partial charge in [-0.25, -0.2) is 0 Å². The van der Waals surface area contributed by atoms with Crippen LogP contribution in [0.25, 0.3) is 0 Å². The van der Waals surface area contributed by atoms with Crippen LogP contribution < -0.4 is 20.1 Å². The van der Waals surface area contributed by atoms with Crippen molar-refractivity contribution in [2.75, 3.05) is 26.3 Å². The molecule has 0 saturated carbocycles. The zero-order chi connectivity index (χ0) is 12.9. The fourth-order valence-electron chi connectivity index (χ4n) is 2.64. The summed E-state index contributed by atoms with van der Waals surface area (Å²) in [7, 11) is 0. The zero-order valence-electron chi connectivity index (χ0n) is 11.3. The third-order valence-electron chi connectivity index (χ3n) is 3.69. The first-order chi connectivity index (χ1) is 9.42. The molecule has 104 valence electrons. The standard InChI is InChI=1S/C15H22N2O2/c1-3-13(17-6-1)11-16-10-12-4-5-14-15(9-12)19-8-2-7-18-14/h4-5,9,13,16-17H,1-3,6-8,10-11H2. The molecule has 2 heterocycles. The molecule has 1 unspecified atom stereocenters. The van der Waals surface area contributed by atoms with E-state index in [1.165, 1.54) is 18.4 Å². The third-order valence-corrected chi connectivity index (χ3v) is 3.69. The Labute approximate surface area is 114 Å². The van der Waals surface area contributed by atoms with Crippen LogP contribution in [0, 0.1) is 0 Å². The van der Waals surface area contributed by atoms with Crippen LogP contribution in [0.3, 0.4) is 0 Å². The number of benzene rings is 1. The quantitative estimate of drug-likeness (QED) is 0.866. The molecule has 0 aliphatic carbocycles. The SMILES string of the molecule is c1cc2c(cc1CNCC1CCCN1)OCCCO2. The second kappa shape index (κ2) is 6.26. The predicted molar refractivity (Wildman–Crippen MR) is 74.8 cm³/mol. The lowest BCUT2D eigenvalue weighted by Crippen LogP contribution is -2.33. The second-order valence-corrected chi connectivity index (χ2v) is 5.26. The number of nitrogens with one attached hydrogen (secondary N) is 2. The maximum Gasteiger partial charge on any atom is 0.161 e. The Bertz CT molecular complexity index is 417. The van der Waals surface area contributed by atoms with E-state index in [1.807, 2.05) is 6.07 Å². The lowest BCUT2D eigenvalue weighted by Gasteiger charge is -2.13. The molecule has 1 atom stereocenters. The van der Waals surface area contributed by atoms with Gasteiger partial charge >= 0.3 is 0 Å². The lowest BCUT2D eigenvalue weighted by molar-refractivity contribution is 0.297. The molecule has 1 aromatic rings. The fourth-order valence-corrected chi connectivity index (χ4v) is 2.64. The fraction of sp³-hybridized carbons (Fsp3) is 0.600. The van der Waals surface area contributed by atoms with Crippen LogP contribution in [0.15, 0.2) is 18.2 Å². The summed E-state index contributed by atoms with van der Waals surface area (Å²) in [6.07, 6.45) is 3.54. The summed E-state index contributed by atoms with van der Waals surface area (Å²) in [5.74, 6) is 1.76. The van der Waals surface area contributed by atoms with Crippen LogP contribution >= 0.6 is 0 Å². The van der Waals surface area contributed by atoms with Crippen molar-refractivity contribution in [2.24, 2.45) is 0 Å². The molecule has 2 aliphatic rings. The molecule has 1 saturated heterocycles. The van der Waals surface area contributed by atoms with E-state index in [0.717, 1.165) is 50.8 Å². The summed E-state index contributed by atoms with van der Waals surface area (Å²) in [5, 5.41) is 7.00. The average Bonchev–Trinajstić information content (AvgIpc) is 2.83. The highest BCUT2D eigenvalue weighted by Gasteiger charge is 2.13. The summed E-state index contributed by atoms with van der Waals surface area (Å²) >= 11 is 0. The van der Waals surface area contributed by atoms with E-state index >= 15 is 0 Å². The highest BCUT2D eigenvalue weighted by molar-refractivity contribution is 5.43. The van der Waals surface area contributed by atoms with Crippen LogP contribution in [-0.2, 0) is 6.54 Å². The smallest absolute Gasteiger partial charge is 0.161 e. The van der Waals surface area contributed by atoms with Gasteiger partial charge in [-0.1, -0.05) is 6.07 Å². The first-order valence-electron chi connectivity index (χ1n) is 7.24. The molecule has 3 rings (SSSR count). The monoisotopic (exact) mass is 262 g/mol. The van der Waals surface area contributed by atoms with E-state index in [1.54, 1.807) is 0 Å². The van der Waals surface area contributed by atoms with Gasteiger partial charge in [0.1, 0.15) is 0 Å². The first-order valence-corrected chi connectivity index (χ1v) is 7.24. The van der Waals surface area contributed by atoms with Gasteiger partial charge in [-0.05, 0) is 37.1 Å². The topological polar surface area (TPSA) is 42.5 Å². The Kier molecular flexibility index (Phi) is 4.20. The normalized spacial score (nSPS) is 22.2. The van der Waals surface area contributed by atoms with E-state index in [4.69, 9.17) is 9.47 Å². The molecule has 2 N–H and O–H groups in total. The Balaban J connectivity index is 1.54. The van der Waals surface area contributed by atoms with Crippen molar-refractivity contribution in [3.63, 3.8) is 0 Å². The van der Waals surface area contributed by atoms with Gasteiger partial charge in [-0.15, -0.1) is 0 Å². The molecule has 4 heteroatoms. The van der Waals surface area contributed by atoms with Crippen LogP contribution in [-0.4, -0.2) is 32.3 Å². The van der Waals surface area contributed by atoms with Crippen LogP contribution in [0.2, 0.25) is 0 Å². The zero-order valence-corrected chi connectivity index (χ0v) is 11.3. The number of fused-ring (bicyclic) bond motifs is 1. The van der Waals surface area contributed by atoms with Gasteiger partial charge in [0.2, 0.25) is 0 Å². The Morgan fingerprint density at radius 2 is 2.05 bits per heavy atom. The number of hydrogen-bond donors (Lipinski definition) is 2. The maximum absolute atomic E-state index is 5.70. The van der Waals surface area contributed by atoms with Gasteiger partial charge in [-0.2, -0.15) is 0 Å². The van der Waals surface area contributed by atoms with Crippen molar-refractivity contribution in [3.05, 3.63) is 23.8 Å². The molecule has 0 amide bonds. The van der Waals surface area contributed by atoms with Gasteiger partial charge in [0.25, 0.3) is 0 Å². The van der Waals surface area contributed by atoms with Gasteiger partial charge in [-0.3, -0.25) is 0 Å². The molecule has 4 nitrogen and oxygen atoms in total. The van der Waals surface area contributed by atoms with Crippen molar-refractivity contribution in [1.29, 1.82) is 0 Å². The highest BCUT2D eigenvalue weighted by atomic mass is 16.5. The maximum atomic E-state index is 5.70. The van der Waals surface area contributed by atoms with Crippen molar-refractivity contribution in [2.45, 2.75) is 31.8 Å². The number of ether oxygens (including phenoxy) is 2. The predicted octanol–water partition coefficient (Wildman–Crippen LogP) is 1.69. The van der Waals surface area contributed by atoms with Crippen LogP contribution in [0.1, 0.15) is 24.8 Å². The van der Waals surface area contributed by atoms with Gasteiger partial charge < -0.3 is 20.1 Å². The molecular weight excluding hydrogens is 240 g/mol. The summed E-state index contributed by atoms with van der Waals surface area (Å²) in [6, 6.07) is 6.87. The molecule has 0 aromatic heterocycles. The molecule has 1 fully saturated rings. The van der Waals surface area contributed by atoms with Crippen molar-refractivity contribution in [3.8, 4) is 11.5 Å². The summed E-state index contributed by atoms with van der Waals surface area (Å²) in [6.45, 7) is 4.58. The van der Waals surface area contributed by atoms with Gasteiger partial charge in [0.15, 0.2) is 11.5 Å². The van der Waals surface area contributed by atoms with Gasteiger partial charge in [0, 0.05) is 25.6 Å². The summed E-state index contributed by atoms with van der Waals surface area (Å²) < 4.78 is 11.3. The van der Waals surface area contributed by atoms with E-state index in [-0.39, 0.29) is 0 Å². The minimum absolute atomic E-state index is 0.639. The van der Waals surface area contributed by atoms with Crippen LogP contribution in [0.4, 0.5) is 0 Å². The lowest BCUT2D eigenvalue weighted by atomic mass is 10.2. The van der Waals surface area contributed by atoms with Crippen molar-refractivity contribution >= 4 is 0 Å². The first kappa shape index (κ1) is 12.8. The summed E-state index contributed by atoms with van der Waals surface area (Å²) in [4.78, 5) is 0. The third kappa shape index (κ3) is 3.39. The molecule has 1 aromatic carbocycles. The minimum atomic E-state index is 0.639. The molecule has 0 radical (unpaired) electrons. The van der Waals surface area contributed by atoms with E-state index in [9.17, 15) is 0 Å². The Morgan fingerprint density at radius 1 is 1.16 bits per heavy atom. The summed E-state index contributed by atoms with van der Waals surface area (Å²) in [5.41, 5.74) is 1.25. The van der Waals surface area contributed by atoms with E-state index in [2.05, 4.69) is 22.8 Å². The highest BCUT2D eigenvalue weighted by Crippen LogP contribution is 2.30. The Hall–Kier alpha value is -1.26. The molecular formula is C15H22N2O2.